The van der Waals surface area contributed by atoms with E-state index in [-0.39, 0.29) is 17.9 Å². The van der Waals surface area contributed by atoms with Gasteiger partial charge in [0, 0.05) is 29.9 Å². The first-order valence-electron chi connectivity index (χ1n) is 11.5. The second kappa shape index (κ2) is 9.03. The minimum Gasteiger partial charge on any atom is -0.398 e. The smallest absolute Gasteiger partial charge is 0.229 e. The van der Waals surface area contributed by atoms with Gasteiger partial charge in [0.25, 0.3) is 0 Å². The van der Waals surface area contributed by atoms with E-state index < -0.39 is 0 Å². The van der Waals surface area contributed by atoms with E-state index in [4.69, 9.17) is 41.3 Å². The van der Waals surface area contributed by atoms with Crippen LogP contribution >= 0.6 is 0 Å². The molecule has 34 heavy (non-hydrogen) atoms. The van der Waals surface area contributed by atoms with Crippen molar-refractivity contribution < 1.29 is 9.47 Å². The average Bonchev–Trinajstić information content (AvgIpc) is 2.84. The summed E-state index contributed by atoms with van der Waals surface area (Å²) in [7, 11) is 0. The zero-order chi connectivity index (χ0) is 23.8. The van der Waals surface area contributed by atoms with Crippen molar-refractivity contribution in [1.29, 1.82) is 5.41 Å². The Morgan fingerprint density at radius 2 is 1.68 bits per heavy atom. The van der Waals surface area contributed by atoms with Crippen LogP contribution in [0.4, 0.5) is 17.5 Å². The largest absolute Gasteiger partial charge is 0.398 e. The fraction of sp³-hybridized carbons (Fsp3) is 0.417. The molecule has 0 bridgehead atoms. The van der Waals surface area contributed by atoms with Gasteiger partial charge >= 0.3 is 0 Å². The van der Waals surface area contributed by atoms with Gasteiger partial charge in [-0.3, -0.25) is 5.41 Å². The fourth-order valence-corrected chi connectivity index (χ4v) is 4.51. The molecule has 0 radical (unpaired) electrons. The number of anilines is 3. The molecular weight excluding hydrogens is 432 g/mol. The normalized spacial score (nSPS) is 21.1. The van der Waals surface area contributed by atoms with Crippen molar-refractivity contribution in [1.82, 2.24) is 15.0 Å². The zero-order valence-electron chi connectivity index (χ0n) is 19.5. The summed E-state index contributed by atoms with van der Waals surface area (Å²) in [5.41, 5.74) is 14.8. The van der Waals surface area contributed by atoms with Crippen molar-refractivity contribution in [2.45, 2.75) is 25.9 Å². The van der Waals surface area contributed by atoms with E-state index in [1.807, 2.05) is 18.2 Å². The lowest BCUT2D eigenvalue weighted by molar-refractivity contribution is 0.0973. The fourth-order valence-electron chi connectivity index (χ4n) is 4.51. The highest BCUT2D eigenvalue weighted by Crippen LogP contribution is 2.31. The lowest BCUT2D eigenvalue weighted by atomic mass is 10.0. The van der Waals surface area contributed by atoms with Crippen LogP contribution < -0.4 is 21.3 Å². The van der Waals surface area contributed by atoms with Crippen LogP contribution in [-0.4, -0.2) is 72.4 Å². The molecule has 0 aliphatic carbocycles. The van der Waals surface area contributed by atoms with Gasteiger partial charge in [-0.05, 0) is 38.1 Å². The molecule has 2 atom stereocenters. The van der Waals surface area contributed by atoms with E-state index in [2.05, 4.69) is 23.6 Å². The summed E-state index contributed by atoms with van der Waals surface area (Å²) in [6, 6.07) is 9.75. The molecule has 2 fully saturated rings. The molecule has 0 saturated carbocycles. The molecule has 2 aliphatic rings. The number of amidine groups is 1. The quantitative estimate of drug-likeness (QED) is 0.302. The number of fused-ring (bicyclic) bond motifs is 1. The van der Waals surface area contributed by atoms with Crippen molar-refractivity contribution in [2.75, 3.05) is 55.1 Å². The highest BCUT2D eigenvalue weighted by Gasteiger charge is 2.27. The first kappa shape index (κ1) is 22.3. The minimum atomic E-state index is -0.0744. The van der Waals surface area contributed by atoms with Gasteiger partial charge in [0.1, 0.15) is 11.7 Å². The maximum absolute atomic E-state index is 7.81. The summed E-state index contributed by atoms with van der Waals surface area (Å²) in [6.45, 7) is 8.33. The van der Waals surface area contributed by atoms with Crippen molar-refractivity contribution in [3.63, 3.8) is 0 Å². The Hall–Kier alpha value is -3.50. The summed E-state index contributed by atoms with van der Waals surface area (Å²) >= 11 is 0. The lowest BCUT2D eigenvalue weighted by Gasteiger charge is -2.37. The Balaban J connectivity index is 1.65. The third-order valence-electron chi connectivity index (χ3n) is 6.43. The van der Waals surface area contributed by atoms with Gasteiger partial charge in [0.2, 0.25) is 5.95 Å². The summed E-state index contributed by atoms with van der Waals surface area (Å²) in [5.74, 6) is 1.45. The molecule has 10 nitrogen and oxygen atoms in total. The van der Waals surface area contributed by atoms with Crippen LogP contribution in [0.5, 0.6) is 0 Å². The number of pyridine rings is 1. The third-order valence-corrected chi connectivity index (χ3v) is 6.43. The molecule has 2 saturated heterocycles. The number of hydrogen-bond acceptors (Lipinski definition) is 9. The first-order chi connectivity index (χ1) is 16.4. The molecule has 2 aromatic heterocycles. The van der Waals surface area contributed by atoms with Crippen LogP contribution in [0.25, 0.3) is 22.3 Å². The van der Waals surface area contributed by atoms with Gasteiger partial charge in [-0.15, -0.1) is 0 Å². The average molecular weight is 463 g/mol. The van der Waals surface area contributed by atoms with E-state index in [0.717, 1.165) is 35.6 Å². The molecule has 178 valence electrons. The molecule has 1 aromatic carbocycles. The monoisotopic (exact) mass is 462 g/mol. The Kier molecular flexibility index (Phi) is 5.93. The number of nitrogens with zero attached hydrogens (tertiary/aromatic N) is 5. The van der Waals surface area contributed by atoms with E-state index in [1.165, 1.54) is 0 Å². The number of benzene rings is 1. The van der Waals surface area contributed by atoms with Gasteiger partial charge in [0.05, 0.1) is 49.6 Å². The lowest BCUT2D eigenvalue weighted by Crippen LogP contribution is -2.46. The SMILES string of the molecule is C[C@H]1COCCN1c1nc(N2CCOC[C@@H]2C)c2ccc(-c3ccc(N)c(C(=N)N)c3)nc2n1. The summed E-state index contributed by atoms with van der Waals surface area (Å²) in [4.78, 5) is 19.3. The Labute approximate surface area is 198 Å². The zero-order valence-corrected chi connectivity index (χ0v) is 19.5. The van der Waals surface area contributed by atoms with Crippen LogP contribution in [0.15, 0.2) is 30.3 Å². The Morgan fingerprint density at radius 3 is 2.35 bits per heavy atom. The maximum atomic E-state index is 7.81. The number of morpholine rings is 2. The first-order valence-corrected chi connectivity index (χ1v) is 11.5. The van der Waals surface area contributed by atoms with Gasteiger partial charge in [-0.2, -0.15) is 9.97 Å². The third kappa shape index (κ3) is 4.10. The number of rotatable bonds is 4. The van der Waals surface area contributed by atoms with E-state index in [9.17, 15) is 0 Å². The van der Waals surface area contributed by atoms with Crippen molar-refractivity contribution in [3.8, 4) is 11.3 Å². The highest BCUT2D eigenvalue weighted by molar-refractivity contribution is 6.01. The van der Waals surface area contributed by atoms with Gasteiger partial charge in [-0.25, -0.2) is 4.98 Å². The minimum absolute atomic E-state index is 0.0744. The van der Waals surface area contributed by atoms with Crippen molar-refractivity contribution >= 4 is 34.3 Å². The van der Waals surface area contributed by atoms with Gasteiger partial charge < -0.3 is 30.7 Å². The Morgan fingerprint density at radius 1 is 0.971 bits per heavy atom. The van der Waals surface area contributed by atoms with Gasteiger partial charge in [-0.1, -0.05) is 6.07 Å². The van der Waals surface area contributed by atoms with E-state index in [0.29, 0.717) is 49.3 Å². The number of ether oxygens (including phenoxy) is 2. The molecule has 10 heteroatoms. The molecular formula is C24H30N8O2. The predicted molar refractivity (Wildman–Crippen MR) is 133 cm³/mol. The highest BCUT2D eigenvalue weighted by atomic mass is 16.5. The molecule has 0 spiro atoms. The molecule has 2 aliphatic heterocycles. The predicted octanol–water partition coefficient (Wildman–Crippen LogP) is 2.01. The van der Waals surface area contributed by atoms with Crippen molar-refractivity contribution in [3.05, 3.63) is 35.9 Å². The molecule has 5 rings (SSSR count). The standard InChI is InChI=1S/C24H30N8O2/c1-14-12-33-9-7-31(14)23-17-4-6-20(16-3-5-19(25)18(11-16)21(26)27)28-22(17)29-24(30-23)32-8-10-34-13-15(32)2/h3-6,11,14-15H,7-10,12-13,25H2,1-2H3,(H3,26,27)/t14-,15-/m0/s1. The topological polar surface area (TPSA) is 140 Å². The molecule has 5 N–H and O–H groups in total. The second-order valence-corrected chi connectivity index (χ2v) is 8.87. The number of nitrogens with two attached hydrogens (primary N) is 2. The molecule has 4 heterocycles. The molecule has 0 amide bonds. The van der Waals surface area contributed by atoms with Crippen LogP contribution in [0.1, 0.15) is 19.4 Å². The summed E-state index contributed by atoms with van der Waals surface area (Å²) in [6.07, 6.45) is 0. The van der Waals surface area contributed by atoms with E-state index in [1.54, 1.807) is 12.1 Å². The number of aromatic nitrogens is 3. The molecule has 3 aromatic rings. The van der Waals surface area contributed by atoms with Crippen LogP contribution in [0.3, 0.4) is 0 Å². The Bertz CT molecular complexity index is 1230. The van der Waals surface area contributed by atoms with Crippen LogP contribution in [-0.2, 0) is 9.47 Å². The number of nitrogens with one attached hydrogen (secondary N) is 1. The van der Waals surface area contributed by atoms with E-state index >= 15 is 0 Å². The number of hydrogen-bond donors (Lipinski definition) is 3. The number of nitrogen functional groups attached to an aromatic ring is 2. The molecule has 0 unspecified atom stereocenters. The van der Waals surface area contributed by atoms with Gasteiger partial charge in [0.15, 0.2) is 5.65 Å². The van der Waals surface area contributed by atoms with Crippen molar-refractivity contribution in [2.24, 2.45) is 5.73 Å². The second-order valence-electron chi connectivity index (χ2n) is 8.87. The summed E-state index contributed by atoms with van der Waals surface area (Å²) < 4.78 is 11.3. The maximum Gasteiger partial charge on any atom is 0.229 e. The van der Waals surface area contributed by atoms with Crippen LogP contribution in [0.2, 0.25) is 0 Å². The summed E-state index contributed by atoms with van der Waals surface area (Å²) in [5, 5.41) is 8.71. The van der Waals surface area contributed by atoms with Crippen LogP contribution in [0, 0.1) is 5.41 Å².